The molecule has 0 saturated carbocycles. The lowest BCUT2D eigenvalue weighted by molar-refractivity contribution is 0.666. The van der Waals surface area contributed by atoms with Gasteiger partial charge < -0.3 is 8.97 Å². The maximum atomic E-state index is 5.24. The van der Waals surface area contributed by atoms with Crippen molar-refractivity contribution in [2.75, 3.05) is 0 Å². The molecule has 3 nitrogen and oxygen atoms in total. The van der Waals surface area contributed by atoms with Crippen LogP contribution in [-0.4, -0.2) is 14.0 Å². The fraction of sp³-hybridized carbons (Fsp3) is 0.0682. The molecule has 0 atom stereocenters. The Morgan fingerprint density at radius 1 is 0.604 bits per heavy atom. The van der Waals surface area contributed by atoms with E-state index in [1.165, 1.54) is 64.4 Å². The maximum absolute atomic E-state index is 5.24. The van der Waals surface area contributed by atoms with E-state index in [-0.39, 0.29) is 5.41 Å². The number of hydrogen-bond acceptors (Lipinski definition) is 2. The molecule has 6 aromatic carbocycles. The molecule has 4 heteroatoms. The van der Waals surface area contributed by atoms with Crippen molar-refractivity contribution in [2.24, 2.45) is 0 Å². The first-order valence-corrected chi connectivity index (χ1v) is 17.4. The average molecular weight is 632 g/mol. The van der Waals surface area contributed by atoms with Gasteiger partial charge in [0.05, 0.1) is 33.3 Å². The first-order valence-electron chi connectivity index (χ1n) is 16.6. The molecule has 11 rings (SSSR count). The van der Waals surface area contributed by atoms with E-state index in [1.54, 1.807) is 0 Å². The third-order valence-electron chi connectivity index (χ3n) is 10.7. The predicted molar refractivity (Wildman–Crippen MR) is 203 cm³/mol. The van der Waals surface area contributed by atoms with Crippen molar-refractivity contribution in [1.82, 2.24) is 14.0 Å². The highest BCUT2D eigenvalue weighted by atomic mass is 32.1. The van der Waals surface area contributed by atoms with Crippen LogP contribution in [0.3, 0.4) is 0 Å². The molecule has 10 aromatic rings. The number of benzene rings is 6. The Hall–Kier alpha value is -5.71. The standard InChI is InChI=1S/C44H29N3S/c1-44(2)32-14-6-4-12-29(32)30-23-24-36-40(41(30)44)39-31-13-5-10-18-38(31)48-43(39)46(36)28-21-19-26(20-22-28)42-37-25-27-11-3-8-16-34(27)47(37)35-17-9-7-15-33(35)45-42/h3-25H,1-2H3. The highest BCUT2D eigenvalue weighted by molar-refractivity contribution is 7.25. The van der Waals surface area contributed by atoms with Gasteiger partial charge in [0.2, 0.25) is 0 Å². The zero-order valence-corrected chi connectivity index (χ0v) is 27.3. The summed E-state index contributed by atoms with van der Waals surface area (Å²) < 4.78 is 6.18. The fourth-order valence-electron chi connectivity index (χ4n) is 8.59. The van der Waals surface area contributed by atoms with Crippen molar-refractivity contribution in [2.45, 2.75) is 19.3 Å². The van der Waals surface area contributed by atoms with Gasteiger partial charge in [0.15, 0.2) is 0 Å². The summed E-state index contributed by atoms with van der Waals surface area (Å²) in [5.74, 6) is 0. The number of nitrogens with zero attached hydrogens (tertiary/aromatic N) is 3. The van der Waals surface area contributed by atoms with Gasteiger partial charge in [-0.15, -0.1) is 11.3 Å². The van der Waals surface area contributed by atoms with E-state index < -0.39 is 0 Å². The minimum absolute atomic E-state index is 0.106. The van der Waals surface area contributed by atoms with Crippen LogP contribution in [0.2, 0.25) is 0 Å². The highest BCUT2D eigenvalue weighted by Gasteiger charge is 2.38. The van der Waals surface area contributed by atoms with Crippen LogP contribution in [0.5, 0.6) is 0 Å². The van der Waals surface area contributed by atoms with E-state index in [1.807, 2.05) is 11.3 Å². The summed E-state index contributed by atoms with van der Waals surface area (Å²) >= 11 is 1.89. The monoisotopic (exact) mass is 631 g/mol. The second-order valence-corrected chi connectivity index (χ2v) is 14.6. The van der Waals surface area contributed by atoms with Crippen molar-refractivity contribution in [3.05, 3.63) is 151 Å². The van der Waals surface area contributed by atoms with Gasteiger partial charge in [0, 0.05) is 42.9 Å². The Kier molecular flexibility index (Phi) is 5.06. The third-order valence-corrected chi connectivity index (χ3v) is 11.8. The van der Waals surface area contributed by atoms with E-state index in [0.29, 0.717) is 0 Å². The van der Waals surface area contributed by atoms with Gasteiger partial charge in [0.25, 0.3) is 0 Å². The van der Waals surface area contributed by atoms with Crippen LogP contribution in [0.1, 0.15) is 25.0 Å². The SMILES string of the molecule is CC1(C)c2ccccc2-c2ccc3c(c21)c1c2ccccc2sc1n3-c1ccc(-c2nc3ccccc3n3c2cc2ccccc23)cc1. The molecule has 0 radical (unpaired) electrons. The third kappa shape index (κ3) is 3.30. The molecular weight excluding hydrogens is 603 g/mol. The van der Waals surface area contributed by atoms with Crippen LogP contribution in [0.4, 0.5) is 0 Å². The van der Waals surface area contributed by atoms with E-state index in [0.717, 1.165) is 33.5 Å². The molecule has 1 aliphatic rings. The largest absolute Gasteiger partial charge is 0.306 e. The molecule has 1 aliphatic carbocycles. The number of hydrogen-bond donors (Lipinski definition) is 0. The Bertz CT molecular complexity index is 2970. The maximum Gasteiger partial charge on any atom is 0.109 e. The summed E-state index contributed by atoms with van der Waals surface area (Å²) in [6.45, 7) is 4.79. The molecule has 0 saturated heterocycles. The summed E-state index contributed by atoms with van der Waals surface area (Å²) in [6, 6.07) is 51.0. The number of rotatable bonds is 2. The molecule has 226 valence electrons. The number of para-hydroxylation sites is 3. The van der Waals surface area contributed by atoms with Gasteiger partial charge in [-0.25, -0.2) is 4.98 Å². The molecule has 0 spiro atoms. The van der Waals surface area contributed by atoms with Gasteiger partial charge in [-0.2, -0.15) is 0 Å². The van der Waals surface area contributed by atoms with Crippen LogP contribution in [0.15, 0.2) is 140 Å². The fourth-order valence-corrected chi connectivity index (χ4v) is 9.84. The topological polar surface area (TPSA) is 22.2 Å². The van der Waals surface area contributed by atoms with Crippen molar-refractivity contribution < 1.29 is 0 Å². The molecule has 0 fully saturated rings. The molecule has 0 N–H and O–H groups in total. The second-order valence-electron chi connectivity index (χ2n) is 13.6. The van der Waals surface area contributed by atoms with E-state index >= 15 is 0 Å². The van der Waals surface area contributed by atoms with Gasteiger partial charge in [-0.05, 0) is 70.8 Å². The van der Waals surface area contributed by atoms with E-state index in [4.69, 9.17) is 4.98 Å². The van der Waals surface area contributed by atoms with Crippen LogP contribution in [0, 0.1) is 0 Å². The summed E-state index contributed by atoms with van der Waals surface area (Å²) in [7, 11) is 0. The highest BCUT2D eigenvalue weighted by Crippen LogP contribution is 2.55. The van der Waals surface area contributed by atoms with Crippen LogP contribution >= 0.6 is 11.3 Å². The lowest BCUT2D eigenvalue weighted by Gasteiger charge is -2.22. The van der Waals surface area contributed by atoms with E-state index in [9.17, 15) is 0 Å². The van der Waals surface area contributed by atoms with Gasteiger partial charge in [0.1, 0.15) is 4.83 Å². The molecule has 0 unspecified atom stereocenters. The molecule has 4 heterocycles. The second kappa shape index (κ2) is 9.21. The van der Waals surface area contributed by atoms with Gasteiger partial charge >= 0.3 is 0 Å². The Labute approximate surface area is 280 Å². The first kappa shape index (κ1) is 26.4. The molecule has 0 aliphatic heterocycles. The number of thiophene rings is 1. The van der Waals surface area contributed by atoms with Gasteiger partial charge in [-0.1, -0.05) is 105 Å². The van der Waals surface area contributed by atoms with Gasteiger partial charge in [-0.3, -0.25) is 0 Å². The Morgan fingerprint density at radius 3 is 2.25 bits per heavy atom. The smallest absolute Gasteiger partial charge is 0.109 e. The summed E-state index contributed by atoms with van der Waals surface area (Å²) in [4.78, 5) is 6.53. The van der Waals surface area contributed by atoms with Crippen LogP contribution < -0.4 is 0 Å². The summed E-state index contributed by atoms with van der Waals surface area (Å²) in [5.41, 5.74) is 14.4. The number of fused-ring (bicyclic) bond motifs is 14. The molecule has 0 amide bonds. The molecule has 0 bridgehead atoms. The summed E-state index contributed by atoms with van der Waals surface area (Å²) in [5, 5.41) is 5.30. The van der Waals surface area contributed by atoms with E-state index in [2.05, 4.69) is 162 Å². The quantitative estimate of drug-likeness (QED) is 0.186. The minimum Gasteiger partial charge on any atom is -0.306 e. The number of aromatic nitrogens is 3. The molecule has 48 heavy (non-hydrogen) atoms. The zero-order chi connectivity index (χ0) is 31.7. The van der Waals surface area contributed by atoms with Crippen LogP contribution in [-0.2, 0) is 5.41 Å². The lowest BCUT2D eigenvalue weighted by Crippen LogP contribution is -2.15. The molecular formula is C44H29N3S. The van der Waals surface area contributed by atoms with Crippen LogP contribution in [0.25, 0.3) is 86.7 Å². The minimum atomic E-state index is -0.106. The predicted octanol–water partition coefficient (Wildman–Crippen LogP) is 11.9. The average Bonchev–Trinajstić information content (AvgIpc) is 3.84. The Morgan fingerprint density at radius 2 is 1.35 bits per heavy atom. The zero-order valence-electron chi connectivity index (χ0n) is 26.5. The van der Waals surface area contributed by atoms with Crippen molar-refractivity contribution >= 4 is 70.0 Å². The normalized spacial score (nSPS) is 13.8. The van der Waals surface area contributed by atoms with Crippen molar-refractivity contribution in [3.8, 4) is 28.1 Å². The Balaban J connectivity index is 1.17. The lowest BCUT2D eigenvalue weighted by atomic mass is 9.80. The first-order chi connectivity index (χ1) is 23.6. The van der Waals surface area contributed by atoms with Crippen molar-refractivity contribution in [1.29, 1.82) is 0 Å². The summed E-state index contributed by atoms with van der Waals surface area (Å²) in [6.07, 6.45) is 0. The van der Waals surface area contributed by atoms with Crippen molar-refractivity contribution in [3.63, 3.8) is 0 Å². The molecule has 4 aromatic heterocycles.